The average molecular weight is 621 g/mol. The molecule has 1 aliphatic rings. The van der Waals surface area contributed by atoms with Crippen LogP contribution in [0.1, 0.15) is 19.3 Å². The van der Waals surface area contributed by atoms with Crippen molar-refractivity contribution in [1.82, 2.24) is 19.9 Å². The minimum absolute atomic E-state index is 0.0414. The van der Waals surface area contributed by atoms with Crippen LogP contribution in [0.3, 0.4) is 0 Å². The molecule has 1 fully saturated rings. The van der Waals surface area contributed by atoms with E-state index in [0.29, 0.717) is 18.9 Å². The number of piperidine rings is 1. The third-order valence-electron chi connectivity index (χ3n) is 5.44. The predicted octanol–water partition coefficient (Wildman–Crippen LogP) is -2.63. The molecule has 43 heavy (non-hydrogen) atoms. The maximum absolute atomic E-state index is 9.44. The van der Waals surface area contributed by atoms with Crippen LogP contribution in [0.4, 0.5) is 23.5 Å². The van der Waals surface area contributed by atoms with Crippen LogP contribution in [0.5, 0.6) is 0 Å². The molecule has 0 spiro atoms. The standard InChI is InChI=1S/C23H40N8O12/c32-6-12-38-29(39-13-7-33)21-19-18(24-23(27-21)31(42-16-10-36)43-17-11-37)20(28-4-2-1-3-5-28)26-22(25-19)30(40-14-8-34)41-15-9-35/h32-37H,1-17H2. The Balaban J connectivity index is 2.31. The smallest absolute Gasteiger partial charge is 0.280 e. The molecule has 0 unspecified atom stereocenters. The number of anilines is 4. The van der Waals surface area contributed by atoms with E-state index in [1.165, 1.54) is 0 Å². The lowest BCUT2D eigenvalue weighted by atomic mass is 10.1. The van der Waals surface area contributed by atoms with Crippen molar-refractivity contribution in [3.63, 3.8) is 0 Å². The van der Waals surface area contributed by atoms with Crippen molar-refractivity contribution in [2.75, 3.05) is 113 Å². The Labute approximate surface area is 246 Å². The average Bonchev–Trinajstić information content (AvgIpc) is 3.04. The van der Waals surface area contributed by atoms with E-state index in [2.05, 4.69) is 19.9 Å². The van der Waals surface area contributed by atoms with Crippen molar-refractivity contribution in [3.8, 4) is 0 Å². The van der Waals surface area contributed by atoms with Crippen LogP contribution < -0.4 is 20.6 Å². The zero-order chi connectivity index (χ0) is 30.9. The summed E-state index contributed by atoms with van der Waals surface area (Å²) in [5.41, 5.74) is 0.213. The number of aliphatic hydroxyl groups is 6. The van der Waals surface area contributed by atoms with E-state index in [1.807, 2.05) is 4.90 Å². The van der Waals surface area contributed by atoms with E-state index < -0.39 is 13.2 Å². The van der Waals surface area contributed by atoms with Crippen molar-refractivity contribution in [2.24, 2.45) is 0 Å². The molecular weight excluding hydrogens is 580 g/mol. The first-order valence-electron chi connectivity index (χ1n) is 13.8. The second-order valence-corrected chi connectivity index (χ2v) is 8.55. The molecule has 1 aliphatic heterocycles. The fraction of sp³-hybridized carbons (Fsp3) is 0.739. The highest BCUT2D eigenvalue weighted by molar-refractivity contribution is 5.94. The van der Waals surface area contributed by atoms with Crippen molar-refractivity contribution < 1.29 is 59.7 Å². The molecule has 3 rings (SSSR count). The minimum atomic E-state index is -0.392. The van der Waals surface area contributed by atoms with E-state index in [0.717, 1.165) is 34.9 Å². The summed E-state index contributed by atoms with van der Waals surface area (Å²) >= 11 is 0. The summed E-state index contributed by atoms with van der Waals surface area (Å²) in [5.74, 6) is -0.169. The Morgan fingerprint density at radius 3 is 1.33 bits per heavy atom. The maximum Gasteiger partial charge on any atom is 0.280 e. The first-order chi connectivity index (χ1) is 21.1. The molecule has 2 aromatic rings. The van der Waals surface area contributed by atoms with Crippen LogP contribution >= 0.6 is 0 Å². The van der Waals surface area contributed by atoms with Crippen LogP contribution in [0.25, 0.3) is 11.0 Å². The molecular formula is C23H40N8O12. The van der Waals surface area contributed by atoms with Gasteiger partial charge in [0.2, 0.25) is 5.82 Å². The minimum Gasteiger partial charge on any atom is -0.394 e. The Bertz CT molecular complexity index is 1050. The van der Waals surface area contributed by atoms with Gasteiger partial charge in [-0.15, -0.1) is 5.23 Å². The monoisotopic (exact) mass is 620 g/mol. The van der Waals surface area contributed by atoms with Gasteiger partial charge in [-0.3, -0.25) is 0 Å². The molecule has 1 saturated heterocycles. The summed E-state index contributed by atoms with van der Waals surface area (Å²) < 4.78 is 0. The van der Waals surface area contributed by atoms with Crippen molar-refractivity contribution in [3.05, 3.63) is 0 Å². The molecule has 6 N–H and O–H groups in total. The van der Waals surface area contributed by atoms with Gasteiger partial charge in [0.15, 0.2) is 5.82 Å². The number of aromatic nitrogens is 4. The Hall–Kier alpha value is -2.86. The fourth-order valence-corrected chi connectivity index (χ4v) is 3.79. The molecule has 20 nitrogen and oxygen atoms in total. The molecule has 20 heteroatoms. The Morgan fingerprint density at radius 2 is 0.884 bits per heavy atom. The molecule has 0 radical (unpaired) electrons. The van der Waals surface area contributed by atoms with E-state index in [1.54, 1.807) is 0 Å². The van der Waals surface area contributed by atoms with Gasteiger partial charge in [-0.2, -0.15) is 9.97 Å². The summed E-state index contributed by atoms with van der Waals surface area (Å²) in [6.07, 6.45) is 2.75. The van der Waals surface area contributed by atoms with E-state index in [4.69, 9.17) is 29.0 Å². The first kappa shape index (κ1) is 34.6. The van der Waals surface area contributed by atoms with Crippen molar-refractivity contribution in [1.29, 1.82) is 0 Å². The van der Waals surface area contributed by atoms with E-state index in [-0.39, 0.29) is 94.8 Å². The molecule has 0 aliphatic carbocycles. The number of aliphatic hydroxyl groups excluding tert-OH is 6. The van der Waals surface area contributed by atoms with Gasteiger partial charge in [-0.25, -0.2) is 39.0 Å². The molecule has 0 atom stereocenters. The van der Waals surface area contributed by atoms with Gasteiger partial charge in [0.25, 0.3) is 11.9 Å². The summed E-state index contributed by atoms with van der Waals surface area (Å²) in [7, 11) is 0. The van der Waals surface area contributed by atoms with Gasteiger partial charge in [-0.1, -0.05) is 10.5 Å². The number of fused-ring (bicyclic) bond motifs is 1. The molecule has 244 valence electrons. The molecule has 0 aromatic carbocycles. The molecule has 0 saturated carbocycles. The van der Waals surface area contributed by atoms with Crippen LogP contribution in [-0.4, -0.2) is 143 Å². The van der Waals surface area contributed by atoms with Crippen LogP contribution in [0.15, 0.2) is 0 Å². The Morgan fingerprint density at radius 1 is 0.488 bits per heavy atom. The van der Waals surface area contributed by atoms with Gasteiger partial charge in [0.05, 0.1) is 39.6 Å². The fourth-order valence-electron chi connectivity index (χ4n) is 3.79. The number of hydrogen-bond donors (Lipinski definition) is 6. The zero-order valence-electron chi connectivity index (χ0n) is 23.7. The van der Waals surface area contributed by atoms with Gasteiger partial charge in [-0.05, 0) is 19.3 Å². The van der Waals surface area contributed by atoms with Crippen LogP contribution in [-0.2, 0) is 29.0 Å². The number of rotatable bonds is 22. The largest absolute Gasteiger partial charge is 0.394 e. The third kappa shape index (κ3) is 10.1. The highest BCUT2D eigenvalue weighted by atomic mass is 17.0. The predicted molar refractivity (Wildman–Crippen MR) is 147 cm³/mol. The summed E-state index contributed by atoms with van der Waals surface area (Å²) in [6, 6.07) is 0. The summed E-state index contributed by atoms with van der Waals surface area (Å²) in [6.45, 7) is -2.23. The van der Waals surface area contributed by atoms with Gasteiger partial charge in [0.1, 0.15) is 50.7 Å². The van der Waals surface area contributed by atoms with Crippen molar-refractivity contribution in [2.45, 2.75) is 19.3 Å². The lowest BCUT2D eigenvalue weighted by Crippen LogP contribution is -2.34. The van der Waals surface area contributed by atoms with Gasteiger partial charge in [0, 0.05) is 13.1 Å². The lowest BCUT2D eigenvalue weighted by molar-refractivity contribution is -0.109. The van der Waals surface area contributed by atoms with Gasteiger partial charge < -0.3 is 35.5 Å². The second-order valence-electron chi connectivity index (χ2n) is 8.55. The topological polar surface area (TPSA) is 241 Å². The van der Waals surface area contributed by atoms with E-state index in [9.17, 15) is 30.6 Å². The summed E-state index contributed by atoms with van der Waals surface area (Å²) in [4.78, 5) is 53.2. The normalized spacial score (nSPS) is 13.6. The van der Waals surface area contributed by atoms with Crippen LogP contribution in [0, 0.1) is 0 Å². The van der Waals surface area contributed by atoms with Gasteiger partial charge >= 0.3 is 0 Å². The van der Waals surface area contributed by atoms with E-state index >= 15 is 0 Å². The first-order valence-corrected chi connectivity index (χ1v) is 13.8. The number of nitrogens with zero attached hydrogens (tertiary/aromatic N) is 8. The maximum atomic E-state index is 9.44. The quantitative estimate of drug-likeness (QED) is 0.0738. The molecule has 0 bridgehead atoms. The SMILES string of the molecule is OCCON(OCCO)c1nc(N(OCCO)OCCO)c2nc(N(OCCO)OCCO)nc(N3CCCCC3)c2n1. The molecule has 0 amide bonds. The zero-order valence-corrected chi connectivity index (χ0v) is 23.7. The van der Waals surface area contributed by atoms with Crippen molar-refractivity contribution >= 4 is 34.6 Å². The Kier molecular flexibility index (Phi) is 15.6. The molecule has 3 heterocycles. The lowest BCUT2D eigenvalue weighted by Gasteiger charge is -2.30. The van der Waals surface area contributed by atoms with Crippen LogP contribution in [0.2, 0.25) is 0 Å². The number of hydrogen-bond acceptors (Lipinski definition) is 20. The third-order valence-corrected chi connectivity index (χ3v) is 5.44. The highest BCUT2D eigenvalue weighted by Crippen LogP contribution is 2.34. The highest BCUT2D eigenvalue weighted by Gasteiger charge is 2.29. The second kappa shape index (κ2) is 19.4. The molecule has 2 aromatic heterocycles. The summed E-state index contributed by atoms with van der Waals surface area (Å²) in [5, 5.41) is 58.7.